The maximum Gasteiger partial charge on any atom is 0.278 e. The number of para-hydroxylation sites is 2. The number of aryl methyl sites for hydroxylation is 1. The number of rotatable bonds is 4. The molecule has 2 aromatic heterocycles. The molecule has 5 rings (SSSR count). The van der Waals surface area contributed by atoms with Crippen LogP contribution in [0, 0.1) is 6.92 Å². The topological polar surface area (TPSA) is 104 Å². The summed E-state index contributed by atoms with van der Waals surface area (Å²) in [6, 6.07) is 16.8. The van der Waals surface area contributed by atoms with Crippen LogP contribution in [0.25, 0.3) is 17.0 Å². The quantitative estimate of drug-likeness (QED) is 0.513. The van der Waals surface area contributed by atoms with Gasteiger partial charge in [-0.1, -0.05) is 42.5 Å². The van der Waals surface area contributed by atoms with Crippen molar-refractivity contribution in [1.29, 1.82) is 0 Å². The van der Waals surface area contributed by atoms with Gasteiger partial charge >= 0.3 is 0 Å². The monoisotopic (exact) mass is 401 g/mol. The summed E-state index contributed by atoms with van der Waals surface area (Å²) in [5, 5.41) is 3.00. The van der Waals surface area contributed by atoms with E-state index in [1.807, 2.05) is 54.6 Å². The number of likely N-dealkylation sites (tertiary alicyclic amines) is 1. The van der Waals surface area contributed by atoms with Crippen LogP contribution in [0.1, 0.15) is 29.2 Å². The number of aromatic amines is 2. The molecular weight excluding hydrogens is 382 g/mol. The lowest BCUT2D eigenvalue weighted by molar-refractivity contribution is -0.139. The van der Waals surface area contributed by atoms with E-state index in [2.05, 4.69) is 15.1 Å². The Kier molecular flexibility index (Phi) is 4.13. The summed E-state index contributed by atoms with van der Waals surface area (Å²) in [6.45, 7) is 1.93. The molecule has 0 unspecified atom stereocenters. The van der Waals surface area contributed by atoms with Gasteiger partial charge in [0, 0.05) is 12.1 Å². The summed E-state index contributed by atoms with van der Waals surface area (Å²) < 4.78 is 1.29. The van der Waals surface area contributed by atoms with Crippen LogP contribution in [0.4, 0.5) is 0 Å². The average Bonchev–Trinajstić information content (AvgIpc) is 3.38. The zero-order valence-electron chi connectivity index (χ0n) is 16.3. The number of imide groups is 1. The first-order chi connectivity index (χ1) is 14.5. The third-order valence-corrected chi connectivity index (χ3v) is 5.48. The Hall–Kier alpha value is -3.94. The maximum atomic E-state index is 13.2. The zero-order valence-corrected chi connectivity index (χ0v) is 16.3. The van der Waals surface area contributed by atoms with Gasteiger partial charge in [0.25, 0.3) is 5.56 Å². The van der Waals surface area contributed by atoms with Gasteiger partial charge in [0.2, 0.25) is 17.8 Å². The molecule has 150 valence electrons. The number of nitrogens with zero attached hydrogens (tertiary/aromatic N) is 3. The van der Waals surface area contributed by atoms with Gasteiger partial charge < -0.3 is 4.98 Å². The zero-order chi connectivity index (χ0) is 20.8. The Morgan fingerprint density at radius 1 is 1.03 bits per heavy atom. The van der Waals surface area contributed by atoms with Crippen LogP contribution >= 0.6 is 0 Å². The van der Waals surface area contributed by atoms with E-state index in [1.165, 1.54) is 9.58 Å². The minimum absolute atomic E-state index is 0.0142. The van der Waals surface area contributed by atoms with Crippen molar-refractivity contribution in [3.63, 3.8) is 0 Å². The number of hydrogen-bond acceptors (Lipinski definition) is 4. The van der Waals surface area contributed by atoms with Gasteiger partial charge in [-0.25, -0.2) is 4.98 Å². The van der Waals surface area contributed by atoms with Crippen LogP contribution in [-0.2, 0) is 16.1 Å². The smallest absolute Gasteiger partial charge is 0.278 e. The summed E-state index contributed by atoms with van der Waals surface area (Å²) in [7, 11) is 0. The number of H-pyrrole nitrogens is 2. The molecule has 2 N–H and O–H groups in total. The van der Waals surface area contributed by atoms with Crippen molar-refractivity contribution in [1.82, 2.24) is 24.6 Å². The molecule has 1 fully saturated rings. The second-order valence-corrected chi connectivity index (χ2v) is 7.43. The molecule has 2 amide bonds. The van der Waals surface area contributed by atoms with Crippen LogP contribution in [0.2, 0.25) is 0 Å². The minimum atomic E-state index is -0.796. The highest BCUT2D eigenvalue weighted by Gasteiger charge is 2.42. The van der Waals surface area contributed by atoms with Crippen LogP contribution in [0.3, 0.4) is 0 Å². The second-order valence-electron chi connectivity index (χ2n) is 7.43. The summed E-state index contributed by atoms with van der Waals surface area (Å²) in [5.74, 6) is -1.08. The van der Waals surface area contributed by atoms with Crippen molar-refractivity contribution in [2.24, 2.45) is 0 Å². The van der Waals surface area contributed by atoms with Crippen molar-refractivity contribution in [2.75, 3.05) is 0 Å². The number of carbonyl (C=O) groups is 2. The molecule has 1 aliphatic heterocycles. The Labute approximate surface area is 171 Å². The van der Waals surface area contributed by atoms with Gasteiger partial charge in [0.05, 0.1) is 29.1 Å². The highest BCUT2D eigenvalue weighted by Crippen LogP contribution is 2.30. The molecule has 0 spiro atoms. The number of imidazole rings is 1. The summed E-state index contributed by atoms with van der Waals surface area (Å²) >= 11 is 0. The molecule has 1 aliphatic rings. The van der Waals surface area contributed by atoms with E-state index >= 15 is 0 Å². The summed E-state index contributed by atoms with van der Waals surface area (Å²) in [6.07, 6.45) is -0.0142. The Balaban J connectivity index is 1.50. The van der Waals surface area contributed by atoms with E-state index in [0.29, 0.717) is 17.2 Å². The van der Waals surface area contributed by atoms with Gasteiger partial charge in [-0.05, 0) is 24.6 Å². The van der Waals surface area contributed by atoms with Crippen LogP contribution < -0.4 is 5.56 Å². The van der Waals surface area contributed by atoms with Crippen molar-refractivity contribution < 1.29 is 9.59 Å². The molecule has 0 saturated carbocycles. The highest BCUT2D eigenvalue weighted by molar-refractivity contribution is 6.06. The Morgan fingerprint density at radius 2 is 1.77 bits per heavy atom. The van der Waals surface area contributed by atoms with Crippen LogP contribution in [0.5, 0.6) is 0 Å². The number of carbonyl (C=O) groups excluding carboxylic acids is 2. The van der Waals surface area contributed by atoms with E-state index in [9.17, 15) is 14.4 Å². The molecule has 0 bridgehead atoms. The van der Waals surface area contributed by atoms with E-state index in [0.717, 1.165) is 16.6 Å². The third kappa shape index (κ3) is 2.85. The maximum absolute atomic E-state index is 13.2. The normalized spacial score (nSPS) is 16.7. The molecule has 8 nitrogen and oxygen atoms in total. The van der Waals surface area contributed by atoms with Gasteiger partial charge in [-0.3, -0.25) is 24.4 Å². The molecule has 3 heterocycles. The summed E-state index contributed by atoms with van der Waals surface area (Å²) in [5.41, 5.74) is 2.88. The van der Waals surface area contributed by atoms with Crippen LogP contribution in [0.15, 0.2) is 59.4 Å². The Morgan fingerprint density at radius 3 is 2.53 bits per heavy atom. The lowest BCUT2D eigenvalue weighted by Gasteiger charge is -2.14. The minimum Gasteiger partial charge on any atom is -0.322 e. The molecule has 0 radical (unpaired) electrons. The molecule has 1 atom stereocenters. The number of fused-ring (bicyclic) bond motifs is 1. The van der Waals surface area contributed by atoms with E-state index in [4.69, 9.17) is 0 Å². The molecule has 30 heavy (non-hydrogen) atoms. The van der Waals surface area contributed by atoms with E-state index < -0.39 is 5.92 Å². The molecular formula is C22H19N5O3. The van der Waals surface area contributed by atoms with Crippen LogP contribution in [-0.4, -0.2) is 36.5 Å². The van der Waals surface area contributed by atoms with Crippen molar-refractivity contribution in [2.45, 2.75) is 25.8 Å². The standard InChI is InChI=1S/C22H19N5O3/c1-13-19(15-11-18(28)26(20(15)29)12-14-7-3-2-4-8-14)21(30)27(25-13)22-23-16-9-5-6-10-17(16)24-22/h2-10,15,25H,11-12H2,1H3,(H,23,24)/t15-/m0/s1. The second kappa shape index (κ2) is 6.84. The molecule has 4 aromatic rings. The number of benzene rings is 2. The first-order valence-corrected chi connectivity index (χ1v) is 9.67. The molecule has 1 saturated heterocycles. The van der Waals surface area contributed by atoms with Gasteiger partial charge in [0.1, 0.15) is 0 Å². The predicted octanol–water partition coefficient (Wildman–Crippen LogP) is 2.39. The largest absolute Gasteiger partial charge is 0.322 e. The fourth-order valence-corrected chi connectivity index (χ4v) is 4.01. The van der Waals surface area contributed by atoms with E-state index in [-0.39, 0.29) is 30.3 Å². The lowest BCUT2D eigenvalue weighted by Crippen LogP contribution is -2.31. The van der Waals surface area contributed by atoms with Crippen molar-refractivity contribution >= 4 is 22.8 Å². The highest BCUT2D eigenvalue weighted by atomic mass is 16.2. The fourth-order valence-electron chi connectivity index (χ4n) is 4.01. The third-order valence-electron chi connectivity index (χ3n) is 5.48. The fraction of sp³-hybridized carbons (Fsp3) is 0.182. The molecule has 8 heteroatoms. The number of hydrogen-bond donors (Lipinski definition) is 2. The number of nitrogens with one attached hydrogen (secondary N) is 2. The first kappa shape index (κ1) is 18.1. The summed E-state index contributed by atoms with van der Waals surface area (Å²) in [4.78, 5) is 47.5. The number of amides is 2. The number of aromatic nitrogens is 4. The predicted molar refractivity (Wildman–Crippen MR) is 110 cm³/mol. The first-order valence-electron chi connectivity index (χ1n) is 9.67. The average molecular weight is 401 g/mol. The Bertz CT molecular complexity index is 1300. The SMILES string of the molecule is Cc1[nH]n(-c2nc3ccccc3[nH]2)c(=O)c1[C@@H]1CC(=O)N(Cc2ccccc2)C1=O. The molecule has 0 aliphatic carbocycles. The lowest BCUT2D eigenvalue weighted by atomic mass is 9.98. The van der Waals surface area contributed by atoms with E-state index in [1.54, 1.807) is 6.92 Å². The van der Waals surface area contributed by atoms with Crippen molar-refractivity contribution in [3.05, 3.63) is 81.8 Å². The van der Waals surface area contributed by atoms with Gasteiger partial charge in [-0.2, -0.15) is 4.68 Å². The molecule has 2 aromatic carbocycles. The van der Waals surface area contributed by atoms with Gasteiger partial charge in [0.15, 0.2) is 0 Å². The van der Waals surface area contributed by atoms with Crippen molar-refractivity contribution in [3.8, 4) is 5.95 Å². The van der Waals surface area contributed by atoms with Gasteiger partial charge in [-0.15, -0.1) is 0 Å².